The van der Waals surface area contributed by atoms with E-state index in [-0.39, 0.29) is 0 Å². The number of rotatable bonds is 9. The fourth-order valence-electron chi connectivity index (χ4n) is 4.36. The van der Waals surface area contributed by atoms with Gasteiger partial charge in [0.15, 0.2) is 5.65 Å². The molecule has 8 heteroatoms. The van der Waals surface area contributed by atoms with Crippen molar-refractivity contribution >= 4 is 16.9 Å². The molecule has 0 unspecified atom stereocenters. The zero-order valence-corrected chi connectivity index (χ0v) is 20.6. The van der Waals surface area contributed by atoms with Gasteiger partial charge in [0, 0.05) is 29.8 Å². The molecular weight excluding hydrogens is 476 g/mol. The quantitative estimate of drug-likeness (QED) is 0.280. The van der Waals surface area contributed by atoms with E-state index in [0.29, 0.717) is 19.0 Å². The maximum absolute atomic E-state index is 6.33. The van der Waals surface area contributed by atoms with Crippen LogP contribution in [-0.4, -0.2) is 30.7 Å². The first-order chi connectivity index (χ1) is 18.7. The molecule has 3 heterocycles. The number of nitrogens with two attached hydrogens (primary N) is 1. The summed E-state index contributed by atoms with van der Waals surface area (Å²) in [5.74, 6) is 2.03. The molecule has 3 aromatic heterocycles. The lowest BCUT2D eigenvalue weighted by atomic mass is 10.1. The molecular formula is C30H26N6O2. The second kappa shape index (κ2) is 10.5. The van der Waals surface area contributed by atoms with Gasteiger partial charge in [-0.15, -0.1) is 0 Å². The van der Waals surface area contributed by atoms with Gasteiger partial charge in [-0.05, 0) is 47.5 Å². The highest BCUT2D eigenvalue weighted by atomic mass is 16.5. The van der Waals surface area contributed by atoms with E-state index in [1.54, 1.807) is 12.5 Å². The highest BCUT2D eigenvalue weighted by Gasteiger charge is 2.16. The van der Waals surface area contributed by atoms with E-state index in [4.69, 9.17) is 15.2 Å². The summed E-state index contributed by atoms with van der Waals surface area (Å²) < 4.78 is 15.9. The first kappa shape index (κ1) is 23.3. The molecule has 6 rings (SSSR count). The van der Waals surface area contributed by atoms with Crippen LogP contribution in [-0.2, 0) is 13.2 Å². The second-order valence-corrected chi connectivity index (χ2v) is 8.81. The maximum Gasteiger partial charge on any atom is 0.150 e. The van der Waals surface area contributed by atoms with Gasteiger partial charge < -0.3 is 24.3 Å². The molecule has 0 fully saturated rings. The monoisotopic (exact) mass is 502 g/mol. The fraction of sp³-hybridized carbons (Fsp3) is 0.100. The van der Waals surface area contributed by atoms with Crippen LogP contribution >= 0.6 is 0 Å². The Morgan fingerprint density at radius 3 is 2.34 bits per heavy atom. The highest BCUT2D eigenvalue weighted by molar-refractivity contribution is 6.01. The van der Waals surface area contributed by atoms with Crippen LogP contribution < -0.4 is 15.2 Å². The standard InChI is InChI=1S/C30H26N6O2/c31-29-28-27(23-6-10-26(11-7-23)38-19-22-4-2-1-3-5-22)18-36(30(28)34-20-33-29)24-8-12-25(13-9-24)37-17-16-35-15-14-32-21-35/h1-15,18,20-21H,16-17,19H2,(H2,31,33,34). The Hall–Kier alpha value is -5.11. The lowest BCUT2D eigenvalue weighted by Gasteiger charge is -2.09. The summed E-state index contributed by atoms with van der Waals surface area (Å²) in [5, 5.41) is 0.811. The van der Waals surface area contributed by atoms with Crippen molar-refractivity contribution in [2.24, 2.45) is 0 Å². The van der Waals surface area contributed by atoms with E-state index < -0.39 is 0 Å². The van der Waals surface area contributed by atoms with Gasteiger partial charge >= 0.3 is 0 Å². The molecule has 0 amide bonds. The van der Waals surface area contributed by atoms with Crippen LogP contribution in [0.25, 0.3) is 27.8 Å². The van der Waals surface area contributed by atoms with Crippen LogP contribution in [0, 0.1) is 0 Å². The summed E-state index contributed by atoms with van der Waals surface area (Å²) in [6.07, 6.45) is 8.99. The van der Waals surface area contributed by atoms with E-state index in [1.807, 2.05) is 100 Å². The van der Waals surface area contributed by atoms with Crippen molar-refractivity contribution < 1.29 is 9.47 Å². The van der Waals surface area contributed by atoms with Gasteiger partial charge in [-0.2, -0.15) is 0 Å². The fourth-order valence-corrected chi connectivity index (χ4v) is 4.36. The smallest absolute Gasteiger partial charge is 0.150 e. The Morgan fingerprint density at radius 1 is 0.816 bits per heavy atom. The lowest BCUT2D eigenvalue weighted by molar-refractivity contribution is 0.298. The molecule has 0 saturated heterocycles. The summed E-state index contributed by atoms with van der Waals surface area (Å²) >= 11 is 0. The molecule has 0 aliphatic rings. The van der Waals surface area contributed by atoms with Gasteiger partial charge in [0.2, 0.25) is 0 Å². The highest BCUT2D eigenvalue weighted by Crippen LogP contribution is 2.35. The first-order valence-electron chi connectivity index (χ1n) is 12.3. The van der Waals surface area contributed by atoms with Gasteiger partial charge in [0.25, 0.3) is 0 Å². The zero-order valence-electron chi connectivity index (χ0n) is 20.6. The van der Waals surface area contributed by atoms with Crippen LogP contribution in [0.5, 0.6) is 11.5 Å². The molecule has 2 N–H and O–H groups in total. The minimum atomic E-state index is 0.438. The van der Waals surface area contributed by atoms with Crippen molar-refractivity contribution in [3.05, 3.63) is 116 Å². The Labute approximate surface area is 220 Å². The van der Waals surface area contributed by atoms with E-state index in [2.05, 4.69) is 15.0 Å². The number of fused-ring (bicyclic) bond motifs is 1. The number of hydrogen-bond donors (Lipinski definition) is 1. The summed E-state index contributed by atoms with van der Waals surface area (Å²) in [5.41, 5.74) is 11.1. The molecule has 0 saturated carbocycles. The summed E-state index contributed by atoms with van der Waals surface area (Å²) in [7, 11) is 0. The lowest BCUT2D eigenvalue weighted by Crippen LogP contribution is -2.06. The molecule has 188 valence electrons. The molecule has 8 nitrogen and oxygen atoms in total. The molecule has 0 bridgehead atoms. The van der Waals surface area contributed by atoms with Gasteiger partial charge in [-0.1, -0.05) is 42.5 Å². The number of nitrogen functional groups attached to an aromatic ring is 1. The van der Waals surface area contributed by atoms with Gasteiger partial charge in [0.1, 0.15) is 36.9 Å². The van der Waals surface area contributed by atoms with Crippen molar-refractivity contribution in [1.29, 1.82) is 0 Å². The summed E-state index contributed by atoms with van der Waals surface area (Å²) in [4.78, 5) is 12.9. The second-order valence-electron chi connectivity index (χ2n) is 8.81. The maximum atomic E-state index is 6.33. The number of nitrogens with zero attached hydrogens (tertiary/aromatic N) is 5. The molecule has 0 aliphatic heterocycles. The number of imidazole rings is 1. The molecule has 3 aromatic carbocycles. The molecule has 0 aliphatic carbocycles. The van der Waals surface area contributed by atoms with Gasteiger partial charge in [-0.3, -0.25) is 0 Å². The first-order valence-corrected chi connectivity index (χ1v) is 12.3. The zero-order chi connectivity index (χ0) is 25.7. The molecule has 38 heavy (non-hydrogen) atoms. The van der Waals surface area contributed by atoms with Gasteiger partial charge in [0.05, 0.1) is 18.3 Å². The van der Waals surface area contributed by atoms with Crippen LogP contribution in [0.1, 0.15) is 5.56 Å². The topological polar surface area (TPSA) is 93.0 Å². The van der Waals surface area contributed by atoms with Crippen LogP contribution in [0.4, 0.5) is 5.82 Å². The van der Waals surface area contributed by atoms with Crippen molar-refractivity contribution in [3.8, 4) is 28.3 Å². The number of anilines is 1. The van der Waals surface area contributed by atoms with Gasteiger partial charge in [-0.25, -0.2) is 15.0 Å². The number of ether oxygens (including phenoxy) is 2. The number of hydrogen-bond acceptors (Lipinski definition) is 6. The van der Waals surface area contributed by atoms with Crippen LogP contribution in [0.3, 0.4) is 0 Å². The minimum absolute atomic E-state index is 0.438. The Morgan fingerprint density at radius 2 is 1.58 bits per heavy atom. The normalized spacial score (nSPS) is 11.1. The summed E-state index contributed by atoms with van der Waals surface area (Å²) in [6, 6.07) is 26.0. The largest absolute Gasteiger partial charge is 0.492 e. The molecule has 0 radical (unpaired) electrons. The third-order valence-electron chi connectivity index (χ3n) is 6.32. The predicted octanol–water partition coefficient (Wildman–Crippen LogP) is 5.52. The van der Waals surface area contributed by atoms with E-state index in [9.17, 15) is 0 Å². The van der Waals surface area contributed by atoms with E-state index in [0.717, 1.165) is 51.5 Å². The number of benzene rings is 3. The van der Waals surface area contributed by atoms with Crippen molar-refractivity contribution in [1.82, 2.24) is 24.1 Å². The van der Waals surface area contributed by atoms with Crippen molar-refractivity contribution in [2.75, 3.05) is 12.3 Å². The third-order valence-corrected chi connectivity index (χ3v) is 6.32. The Kier molecular flexibility index (Phi) is 6.42. The predicted molar refractivity (Wildman–Crippen MR) is 147 cm³/mol. The van der Waals surface area contributed by atoms with E-state index in [1.165, 1.54) is 6.33 Å². The molecule has 0 atom stereocenters. The Bertz CT molecular complexity index is 1630. The molecule has 6 aromatic rings. The SMILES string of the molecule is Nc1ncnc2c1c(-c1ccc(OCc3ccccc3)cc1)cn2-c1ccc(OCCn2ccnc2)cc1. The average Bonchev–Trinajstić information content (AvgIpc) is 3.62. The van der Waals surface area contributed by atoms with E-state index >= 15 is 0 Å². The molecule has 0 spiro atoms. The van der Waals surface area contributed by atoms with Crippen molar-refractivity contribution in [2.45, 2.75) is 13.2 Å². The summed E-state index contributed by atoms with van der Waals surface area (Å²) in [6.45, 7) is 1.81. The number of aromatic nitrogens is 5. The minimum Gasteiger partial charge on any atom is -0.492 e. The van der Waals surface area contributed by atoms with Crippen LogP contribution in [0.15, 0.2) is 110 Å². The van der Waals surface area contributed by atoms with Crippen LogP contribution in [0.2, 0.25) is 0 Å². The third kappa shape index (κ3) is 4.92. The average molecular weight is 503 g/mol. The Balaban J connectivity index is 1.23. The van der Waals surface area contributed by atoms with Crippen molar-refractivity contribution in [3.63, 3.8) is 0 Å².